The Morgan fingerprint density at radius 1 is 1.38 bits per heavy atom. The van der Waals surface area contributed by atoms with Crippen LogP contribution in [0.1, 0.15) is 22.9 Å². The topological polar surface area (TPSA) is 141 Å². The van der Waals surface area contributed by atoms with E-state index < -0.39 is 10.8 Å². The number of ether oxygens (including phenoxy) is 1. The number of nitrogens with one attached hydrogen (secondary N) is 1. The normalized spacial score (nSPS) is 15.1. The summed E-state index contributed by atoms with van der Waals surface area (Å²) in [4.78, 5) is 28.3. The van der Waals surface area contributed by atoms with Gasteiger partial charge in [0, 0.05) is 19.6 Å². The monoisotopic (exact) mass is 365 g/mol. The maximum Gasteiger partial charge on any atom is 0.316 e. The summed E-state index contributed by atoms with van der Waals surface area (Å²) in [5.41, 5.74) is -0.133. The van der Waals surface area contributed by atoms with Crippen molar-refractivity contribution in [2.24, 2.45) is 0 Å². The first-order valence-electron chi connectivity index (χ1n) is 8.19. The van der Waals surface area contributed by atoms with Gasteiger partial charge in [-0.25, -0.2) is 0 Å². The highest BCUT2D eigenvalue weighted by atomic mass is 16.6. The van der Waals surface area contributed by atoms with Gasteiger partial charge in [0.25, 0.3) is 0 Å². The molecule has 1 amide bonds. The number of nitro groups is 1. The molecule has 26 heavy (non-hydrogen) atoms. The largest absolute Gasteiger partial charge is 0.379 e. The number of hydrogen-bond donors (Lipinski definition) is 1. The molecule has 2 aromatic rings. The second kappa shape index (κ2) is 8.49. The summed E-state index contributed by atoms with van der Waals surface area (Å²) in [5.74, 6) is -0.383. The smallest absolute Gasteiger partial charge is 0.316 e. The van der Waals surface area contributed by atoms with E-state index in [-0.39, 0.29) is 23.9 Å². The summed E-state index contributed by atoms with van der Waals surface area (Å²) in [6.45, 7) is 4.77. The summed E-state index contributed by atoms with van der Waals surface area (Å²) < 4.78 is 11.5. The van der Waals surface area contributed by atoms with Gasteiger partial charge in [0.1, 0.15) is 18.9 Å². The van der Waals surface area contributed by atoms with Crippen molar-refractivity contribution in [2.75, 3.05) is 39.4 Å². The van der Waals surface area contributed by atoms with E-state index in [4.69, 9.17) is 9.26 Å². The molecule has 0 saturated carbocycles. The minimum Gasteiger partial charge on any atom is -0.379 e. The Bertz CT molecular complexity index is 752. The van der Waals surface area contributed by atoms with Crippen LogP contribution in [0.25, 0.3) is 0 Å². The molecule has 1 aliphatic rings. The van der Waals surface area contributed by atoms with Gasteiger partial charge in [-0.3, -0.25) is 24.5 Å². The van der Waals surface area contributed by atoms with Crippen LogP contribution in [0.3, 0.4) is 0 Å². The molecule has 0 aromatic carbocycles. The fourth-order valence-corrected chi connectivity index (χ4v) is 2.49. The zero-order chi connectivity index (χ0) is 18.4. The molecule has 0 unspecified atom stereocenters. The lowest BCUT2D eigenvalue weighted by Crippen LogP contribution is -2.38. The zero-order valence-corrected chi connectivity index (χ0v) is 14.0. The van der Waals surface area contributed by atoms with E-state index in [9.17, 15) is 14.9 Å². The van der Waals surface area contributed by atoms with Crippen molar-refractivity contribution in [3.63, 3.8) is 0 Å². The lowest BCUT2D eigenvalue weighted by molar-refractivity contribution is -0.385. The molecule has 0 bridgehead atoms. The lowest BCUT2D eigenvalue weighted by atomic mass is 10.3. The zero-order valence-electron chi connectivity index (χ0n) is 14.0. The van der Waals surface area contributed by atoms with Crippen LogP contribution in [0, 0.1) is 10.1 Å². The van der Waals surface area contributed by atoms with Crippen molar-refractivity contribution < 1.29 is 19.0 Å². The summed E-state index contributed by atoms with van der Waals surface area (Å²) in [6.07, 6.45) is 3.19. The minimum absolute atomic E-state index is 0.0711. The average molecular weight is 365 g/mol. The molecule has 1 aliphatic heterocycles. The third-order valence-corrected chi connectivity index (χ3v) is 3.84. The first kappa shape index (κ1) is 17.9. The van der Waals surface area contributed by atoms with Gasteiger partial charge in [-0.05, 0) is 13.0 Å². The van der Waals surface area contributed by atoms with Gasteiger partial charge in [0.15, 0.2) is 5.82 Å². The van der Waals surface area contributed by atoms with E-state index in [1.807, 2.05) is 0 Å². The van der Waals surface area contributed by atoms with Gasteiger partial charge in [-0.2, -0.15) is 10.1 Å². The van der Waals surface area contributed by atoms with Crippen molar-refractivity contribution in [1.82, 2.24) is 30.1 Å². The van der Waals surface area contributed by atoms with Gasteiger partial charge >= 0.3 is 17.5 Å². The van der Waals surface area contributed by atoms with Crippen LogP contribution in [0.15, 0.2) is 16.9 Å². The molecule has 1 saturated heterocycles. The minimum atomic E-state index is -0.546. The van der Waals surface area contributed by atoms with Crippen LogP contribution in [0.5, 0.6) is 0 Å². The molecule has 12 heteroatoms. The summed E-state index contributed by atoms with van der Waals surface area (Å²) in [7, 11) is 0. The molecule has 3 heterocycles. The Hall–Kier alpha value is -2.86. The Labute approximate surface area is 148 Å². The van der Waals surface area contributed by atoms with Crippen LogP contribution in [0.4, 0.5) is 5.69 Å². The second-order valence-corrected chi connectivity index (χ2v) is 5.73. The Morgan fingerprint density at radius 2 is 2.19 bits per heavy atom. The van der Waals surface area contributed by atoms with E-state index in [1.54, 1.807) is 0 Å². The van der Waals surface area contributed by atoms with Crippen LogP contribution < -0.4 is 5.32 Å². The average Bonchev–Trinajstić information content (AvgIpc) is 3.30. The molecule has 0 atom stereocenters. The van der Waals surface area contributed by atoms with Crippen LogP contribution in [-0.2, 0) is 11.3 Å². The van der Waals surface area contributed by atoms with E-state index in [0.29, 0.717) is 6.54 Å². The third kappa shape index (κ3) is 4.83. The number of rotatable bonds is 8. The molecule has 140 valence electrons. The standard InChI is InChI=1S/C14H19N7O5/c22-13(15-2-1-3-19-4-6-25-7-5-19)14-17-12(18-26-14)10-20-9-11(8-16-20)21(23)24/h8-9H,1-7,10H2,(H,15,22). The van der Waals surface area contributed by atoms with Gasteiger partial charge in [-0.1, -0.05) is 5.16 Å². The fraction of sp³-hybridized carbons (Fsp3) is 0.571. The first-order valence-corrected chi connectivity index (χ1v) is 8.19. The summed E-state index contributed by atoms with van der Waals surface area (Å²) in [5, 5.41) is 20.9. The van der Waals surface area contributed by atoms with E-state index in [2.05, 4.69) is 25.5 Å². The highest BCUT2D eigenvalue weighted by molar-refractivity contribution is 5.89. The van der Waals surface area contributed by atoms with Crippen molar-refractivity contribution in [3.05, 3.63) is 34.2 Å². The molecule has 0 radical (unpaired) electrons. The van der Waals surface area contributed by atoms with Crippen molar-refractivity contribution >= 4 is 11.6 Å². The van der Waals surface area contributed by atoms with Crippen LogP contribution in [-0.4, -0.2) is 75.0 Å². The molecule has 0 spiro atoms. The molecule has 1 N–H and O–H groups in total. The lowest BCUT2D eigenvalue weighted by Gasteiger charge is -2.26. The van der Waals surface area contributed by atoms with Crippen LogP contribution in [0.2, 0.25) is 0 Å². The predicted octanol–water partition coefficient (Wildman–Crippen LogP) is -0.325. The Kier molecular flexibility index (Phi) is 5.86. The molecule has 3 rings (SSSR count). The Morgan fingerprint density at radius 3 is 2.92 bits per heavy atom. The molecule has 1 fully saturated rings. The highest BCUT2D eigenvalue weighted by Crippen LogP contribution is 2.09. The van der Waals surface area contributed by atoms with Gasteiger partial charge in [-0.15, -0.1) is 0 Å². The van der Waals surface area contributed by atoms with E-state index in [1.165, 1.54) is 10.9 Å². The van der Waals surface area contributed by atoms with Gasteiger partial charge < -0.3 is 14.6 Å². The number of carbonyl (C=O) groups is 1. The molecular weight excluding hydrogens is 346 g/mol. The van der Waals surface area contributed by atoms with Crippen molar-refractivity contribution in [1.29, 1.82) is 0 Å². The summed E-state index contributed by atoms with van der Waals surface area (Å²) in [6, 6.07) is 0. The number of nitrogens with zero attached hydrogens (tertiary/aromatic N) is 6. The maximum atomic E-state index is 12.0. The Balaban J connectivity index is 1.42. The third-order valence-electron chi connectivity index (χ3n) is 3.84. The number of hydrogen-bond acceptors (Lipinski definition) is 9. The van der Waals surface area contributed by atoms with Gasteiger partial charge in [0.05, 0.1) is 18.1 Å². The molecule has 0 aliphatic carbocycles. The summed E-state index contributed by atoms with van der Waals surface area (Å²) >= 11 is 0. The fourth-order valence-electron chi connectivity index (χ4n) is 2.49. The highest BCUT2D eigenvalue weighted by Gasteiger charge is 2.17. The van der Waals surface area contributed by atoms with Crippen LogP contribution >= 0.6 is 0 Å². The predicted molar refractivity (Wildman–Crippen MR) is 86.5 cm³/mol. The number of aromatic nitrogens is 4. The number of carbonyl (C=O) groups excluding carboxylic acids is 1. The van der Waals surface area contributed by atoms with E-state index in [0.717, 1.165) is 45.5 Å². The first-order chi connectivity index (χ1) is 12.6. The molecule has 12 nitrogen and oxygen atoms in total. The maximum absolute atomic E-state index is 12.0. The number of morpholine rings is 1. The number of amides is 1. The second-order valence-electron chi connectivity index (χ2n) is 5.73. The SMILES string of the molecule is O=C(NCCCN1CCOCC1)c1nc(Cn2cc([N+](=O)[O-])cn2)no1. The van der Waals surface area contributed by atoms with E-state index >= 15 is 0 Å². The quantitative estimate of drug-likeness (QED) is 0.378. The molecular formula is C14H19N7O5. The van der Waals surface area contributed by atoms with Crippen molar-refractivity contribution in [3.8, 4) is 0 Å². The van der Waals surface area contributed by atoms with Crippen molar-refractivity contribution in [2.45, 2.75) is 13.0 Å². The molecule has 2 aromatic heterocycles. The van der Waals surface area contributed by atoms with Gasteiger partial charge in [0.2, 0.25) is 0 Å².